The lowest BCUT2D eigenvalue weighted by Crippen LogP contribution is -2.34. The summed E-state index contributed by atoms with van der Waals surface area (Å²) in [6, 6.07) is 10.1. The monoisotopic (exact) mass is 462 g/mol. The lowest BCUT2D eigenvalue weighted by atomic mass is 10.00. The minimum absolute atomic E-state index is 0.0229. The standard InChI is InChI=1S/C22H21F3N4O2S/c1-12-6-7-14(21-27-13(2)28-32-21)10-17(12)26-11-19(30)29-9-8-15-16(4-3-5-18(15)29)20(31)22(23,24)25/h3-7,10,20,26,31H,8-9,11H2,1-2H3. The Balaban J connectivity index is 1.50. The Hall–Kier alpha value is -2.98. The maximum Gasteiger partial charge on any atom is 0.418 e. The van der Waals surface area contributed by atoms with Gasteiger partial charge in [0, 0.05) is 23.5 Å². The van der Waals surface area contributed by atoms with Gasteiger partial charge in [0.15, 0.2) is 6.10 Å². The predicted molar refractivity (Wildman–Crippen MR) is 117 cm³/mol. The largest absolute Gasteiger partial charge is 0.418 e. The van der Waals surface area contributed by atoms with Crippen LogP contribution >= 0.6 is 11.5 Å². The van der Waals surface area contributed by atoms with E-state index in [0.717, 1.165) is 21.8 Å². The Bertz CT molecular complexity index is 1160. The summed E-state index contributed by atoms with van der Waals surface area (Å²) < 4.78 is 43.2. The molecule has 6 nitrogen and oxygen atoms in total. The van der Waals surface area contributed by atoms with E-state index in [4.69, 9.17) is 0 Å². The second-order valence-corrected chi connectivity index (χ2v) is 8.37. The van der Waals surface area contributed by atoms with Crippen molar-refractivity contribution in [1.82, 2.24) is 9.36 Å². The first-order valence-corrected chi connectivity index (χ1v) is 10.7. The van der Waals surface area contributed by atoms with Crippen molar-refractivity contribution >= 4 is 28.8 Å². The Kier molecular flexibility index (Phi) is 5.91. The van der Waals surface area contributed by atoms with Crippen molar-refractivity contribution in [3.8, 4) is 10.6 Å². The highest BCUT2D eigenvalue weighted by Crippen LogP contribution is 2.39. The summed E-state index contributed by atoms with van der Waals surface area (Å²) in [4.78, 5) is 18.7. The van der Waals surface area contributed by atoms with Crippen molar-refractivity contribution in [2.45, 2.75) is 32.5 Å². The van der Waals surface area contributed by atoms with Crippen LogP contribution in [-0.2, 0) is 11.2 Å². The molecular weight excluding hydrogens is 441 g/mol. The van der Waals surface area contributed by atoms with E-state index in [9.17, 15) is 23.1 Å². The van der Waals surface area contributed by atoms with E-state index in [1.165, 1.54) is 28.6 Å². The molecule has 0 bridgehead atoms. The number of benzene rings is 2. The van der Waals surface area contributed by atoms with Crippen molar-refractivity contribution in [3.05, 3.63) is 58.9 Å². The molecule has 0 saturated carbocycles. The van der Waals surface area contributed by atoms with E-state index in [1.54, 1.807) is 6.07 Å². The summed E-state index contributed by atoms with van der Waals surface area (Å²) in [7, 11) is 0. The van der Waals surface area contributed by atoms with Gasteiger partial charge in [-0.3, -0.25) is 4.79 Å². The number of fused-ring (bicyclic) bond motifs is 1. The van der Waals surface area contributed by atoms with Gasteiger partial charge in [-0.05, 0) is 60.6 Å². The van der Waals surface area contributed by atoms with E-state index in [-0.39, 0.29) is 31.0 Å². The Morgan fingerprint density at radius 2 is 2.06 bits per heavy atom. The fourth-order valence-corrected chi connectivity index (χ4v) is 4.44. The number of hydrogen-bond donors (Lipinski definition) is 2. The Labute approximate surface area is 186 Å². The van der Waals surface area contributed by atoms with Crippen LogP contribution in [0.3, 0.4) is 0 Å². The first kappa shape index (κ1) is 22.2. The second kappa shape index (κ2) is 8.51. The average Bonchev–Trinajstić information content (AvgIpc) is 3.38. The molecule has 0 spiro atoms. The highest BCUT2D eigenvalue weighted by atomic mass is 32.1. The third kappa shape index (κ3) is 4.33. The number of carbonyl (C=O) groups is 1. The van der Waals surface area contributed by atoms with Crippen LogP contribution < -0.4 is 10.2 Å². The van der Waals surface area contributed by atoms with Gasteiger partial charge in [0.25, 0.3) is 0 Å². The van der Waals surface area contributed by atoms with Crippen LogP contribution in [-0.4, -0.2) is 39.6 Å². The topological polar surface area (TPSA) is 78.4 Å². The molecule has 32 heavy (non-hydrogen) atoms. The molecule has 0 saturated heterocycles. The number of aromatic nitrogens is 2. The van der Waals surface area contributed by atoms with Crippen molar-refractivity contribution in [1.29, 1.82) is 0 Å². The number of aliphatic hydroxyl groups excluding tert-OH is 1. The van der Waals surface area contributed by atoms with Crippen LogP contribution in [0, 0.1) is 13.8 Å². The zero-order chi connectivity index (χ0) is 23.0. The van der Waals surface area contributed by atoms with Crippen LogP contribution in [0.2, 0.25) is 0 Å². The van der Waals surface area contributed by atoms with E-state index in [1.807, 2.05) is 32.0 Å². The normalized spacial score (nSPS) is 14.4. The van der Waals surface area contributed by atoms with Crippen molar-refractivity contribution in [2.75, 3.05) is 23.3 Å². The zero-order valence-electron chi connectivity index (χ0n) is 17.4. The highest BCUT2D eigenvalue weighted by Gasteiger charge is 2.42. The smallest absolute Gasteiger partial charge is 0.379 e. The minimum atomic E-state index is -4.76. The molecule has 2 heterocycles. The average molecular weight is 462 g/mol. The van der Waals surface area contributed by atoms with E-state index in [0.29, 0.717) is 17.1 Å². The summed E-state index contributed by atoms with van der Waals surface area (Å²) in [5.74, 6) is 0.428. The summed E-state index contributed by atoms with van der Waals surface area (Å²) in [5, 5.41) is 13.6. The van der Waals surface area contributed by atoms with Gasteiger partial charge in [-0.25, -0.2) is 4.98 Å². The number of rotatable bonds is 5. The molecule has 0 aliphatic carbocycles. The molecule has 168 valence electrons. The number of aryl methyl sites for hydroxylation is 2. The third-order valence-corrected chi connectivity index (χ3v) is 6.27. The van der Waals surface area contributed by atoms with Gasteiger partial charge < -0.3 is 15.3 Å². The fourth-order valence-electron chi connectivity index (χ4n) is 3.78. The van der Waals surface area contributed by atoms with Crippen LogP contribution in [0.1, 0.15) is 28.6 Å². The molecule has 1 unspecified atom stereocenters. The molecule has 1 aliphatic rings. The lowest BCUT2D eigenvalue weighted by molar-refractivity contribution is -0.206. The maximum absolute atomic E-state index is 13.0. The molecule has 4 rings (SSSR count). The molecular formula is C22H21F3N4O2S. The molecule has 2 aromatic carbocycles. The van der Waals surface area contributed by atoms with Gasteiger partial charge in [0.05, 0.1) is 6.54 Å². The quantitative estimate of drug-likeness (QED) is 0.587. The van der Waals surface area contributed by atoms with Gasteiger partial charge in [0.1, 0.15) is 10.8 Å². The molecule has 0 fully saturated rings. The number of alkyl halides is 3. The number of amides is 1. The number of aliphatic hydroxyl groups is 1. The number of halogens is 3. The summed E-state index contributed by atoms with van der Waals surface area (Å²) in [6.45, 7) is 3.97. The summed E-state index contributed by atoms with van der Waals surface area (Å²) in [6.07, 6.45) is -7.07. The predicted octanol–water partition coefficient (Wildman–Crippen LogP) is 4.42. The van der Waals surface area contributed by atoms with Crippen LogP contribution in [0.4, 0.5) is 24.5 Å². The fraction of sp³-hybridized carbons (Fsp3) is 0.318. The SMILES string of the molecule is Cc1nsc(-c2ccc(C)c(NCC(=O)N3CCc4c(C(O)C(F)(F)F)cccc43)c2)n1. The summed E-state index contributed by atoms with van der Waals surface area (Å²) >= 11 is 1.29. The Morgan fingerprint density at radius 3 is 2.75 bits per heavy atom. The zero-order valence-corrected chi connectivity index (χ0v) is 18.2. The van der Waals surface area contributed by atoms with Gasteiger partial charge in [0.2, 0.25) is 5.91 Å². The molecule has 1 aliphatic heterocycles. The van der Waals surface area contributed by atoms with E-state index in [2.05, 4.69) is 14.7 Å². The van der Waals surface area contributed by atoms with Crippen molar-refractivity contribution in [3.63, 3.8) is 0 Å². The number of hydrogen-bond acceptors (Lipinski definition) is 6. The number of carbonyl (C=O) groups excluding carboxylic acids is 1. The second-order valence-electron chi connectivity index (χ2n) is 7.61. The number of nitrogens with one attached hydrogen (secondary N) is 1. The van der Waals surface area contributed by atoms with Crippen LogP contribution in [0.5, 0.6) is 0 Å². The van der Waals surface area contributed by atoms with Crippen LogP contribution in [0.15, 0.2) is 36.4 Å². The maximum atomic E-state index is 13.0. The van der Waals surface area contributed by atoms with Gasteiger partial charge >= 0.3 is 6.18 Å². The highest BCUT2D eigenvalue weighted by molar-refractivity contribution is 7.09. The molecule has 2 N–H and O–H groups in total. The molecule has 1 amide bonds. The third-order valence-electron chi connectivity index (χ3n) is 5.41. The van der Waals surface area contributed by atoms with Crippen molar-refractivity contribution < 1.29 is 23.1 Å². The van der Waals surface area contributed by atoms with Gasteiger partial charge in [-0.15, -0.1) is 0 Å². The van der Waals surface area contributed by atoms with E-state index < -0.39 is 12.3 Å². The molecule has 1 aromatic heterocycles. The molecule has 10 heteroatoms. The molecule has 3 aromatic rings. The van der Waals surface area contributed by atoms with Gasteiger partial charge in [-0.1, -0.05) is 24.3 Å². The number of anilines is 2. The minimum Gasteiger partial charge on any atom is -0.379 e. The first-order chi connectivity index (χ1) is 15.1. The lowest BCUT2D eigenvalue weighted by Gasteiger charge is -2.21. The van der Waals surface area contributed by atoms with Crippen LogP contribution in [0.25, 0.3) is 10.6 Å². The first-order valence-electron chi connectivity index (χ1n) is 9.97. The van der Waals surface area contributed by atoms with Crippen molar-refractivity contribution in [2.24, 2.45) is 0 Å². The van der Waals surface area contributed by atoms with E-state index >= 15 is 0 Å². The summed E-state index contributed by atoms with van der Waals surface area (Å²) in [5.41, 5.74) is 3.16. The molecule has 1 atom stereocenters. The molecule has 0 radical (unpaired) electrons. The van der Waals surface area contributed by atoms with Gasteiger partial charge in [-0.2, -0.15) is 17.5 Å². The Morgan fingerprint density at radius 1 is 1.28 bits per heavy atom. The number of nitrogens with zero attached hydrogens (tertiary/aromatic N) is 3.